The third-order valence-corrected chi connectivity index (χ3v) is 7.71. The monoisotopic (exact) mass is 452 g/mol. The van der Waals surface area contributed by atoms with E-state index >= 15 is 0 Å². The maximum atomic E-state index is 13.1. The number of nitrogens with one attached hydrogen (secondary N) is 2. The summed E-state index contributed by atoms with van der Waals surface area (Å²) in [5.41, 5.74) is 2.27. The summed E-state index contributed by atoms with van der Waals surface area (Å²) in [6, 6.07) is 18.3. The zero-order chi connectivity index (χ0) is 22.6. The van der Waals surface area contributed by atoms with Crippen LogP contribution in [-0.4, -0.2) is 20.9 Å². The minimum absolute atomic E-state index is 0.0460. The molecule has 168 valence electrons. The highest BCUT2D eigenvalue weighted by Crippen LogP contribution is 2.40. The molecule has 4 rings (SSSR count). The smallest absolute Gasteiger partial charge is 0.251 e. The summed E-state index contributed by atoms with van der Waals surface area (Å²) in [4.78, 5) is 13.1. The molecule has 0 aliphatic heterocycles. The predicted octanol–water partition coefficient (Wildman–Crippen LogP) is 4.31. The summed E-state index contributed by atoms with van der Waals surface area (Å²) in [5.74, 6) is 0.259. The Labute approximate surface area is 189 Å². The van der Waals surface area contributed by atoms with E-state index in [1.54, 1.807) is 18.2 Å². The first-order valence-corrected chi connectivity index (χ1v) is 12.3. The van der Waals surface area contributed by atoms with Gasteiger partial charge in [0, 0.05) is 17.5 Å². The number of hydrogen-bond acceptors (Lipinski definition) is 4. The first-order valence-electron chi connectivity index (χ1n) is 10.9. The molecule has 1 heterocycles. The lowest BCUT2D eigenvalue weighted by Gasteiger charge is -2.30. The van der Waals surface area contributed by atoms with Crippen molar-refractivity contribution in [3.63, 3.8) is 0 Å². The van der Waals surface area contributed by atoms with Crippen molar-refractivity contribution in [3.8, 4) is 0 Å². The van der Waals surface area contributed by atoms with E-state index in [0.717, 1.165) is 31.2 Å². The van der Waals surface area contributed by atoms with Crippen LogP contribution in [0.15, 0.2) is 76.2 Å². The molecule has 3 aromatic rings. The average molecular weight is 453 g/mol. The molecule has 1 aromatic heterocycles. The Morgan fingerprint density at radius 2 is 1.78 bits per heavy atom. The Hall–Kier alpha value is -2.90. The fourth-order valence-electron chi connectivity index (χ4n) is 4.43. The highest BCUT2D eigenvalue weighted by atomic mass is 32.2. The summed E-state index contributed by atoms with van der Waals surface area (Å²) in [5, 5.41) is 3.08. The van der Waals surface area contributed by atoms with E-state index in [4.69, 9.17) is 4.42 Å². The summed E-state index contributed by atoms with van der Waals surface area (Å²) < 4.78 is 33.2. The Balaban J connectivity index is 1.50. The van der Waals surface area contributed by atoms with E-state index in [0.29, 0.717) is 17.9 Å². The number of carbonyl (C=O) groups is 1. The molecule has 0 radical (unpaired) electrons. The summed E-state index contributed by atoms with van der Waals surface area (Å²) in [6.07, 6.45) is 5.82. The molecule has 6 nitrogen and oxygen atoms in total. The van der Waals surface area contributed by atoms with Gasteiger partial charge in [0.1, 0.15) is 5.76 Å². The summed E-state index contributed by atoms with van der Waals surface area (Å²) in [7, 11) is -3.78. The van der Waals surface area contributed by atoms with Crippen LogP contribution in [-0.2, 0) is 22.0 Å². The maximum absolute atomic E-state index is 13.1. The first kappa shape index (κ1) is 22.3. The van der Waals surface area contributed by atoms with Crippen LogP contribution in [0.4, 0.5) is 0 Å². The molecule has 7 heteroatoms. The van der Waals surface area contributed by atoms with E-state index in [-0.39, 0.29) is 22.8 Å². The zero-order valence-electron chi connectivity index (χ0n) is 18.1. The number of benzene rings is 2. The van der Waals surface area contributed by atoms with E-state index in [1.807, 2.05) is 25.1 Å². The van der Waals surface area contributed by atoms with Crippen molar-refractivity contribution in [2.24, 2.45) is 0 Å². The molecular weight excluding hydrogens is 424 g/mol. The van der Waals surface area contributed by atoms with Crippen LogP contribution >= 0.6 is 0 Å². The van der Waals surface area contributed by atoms with Crippen LogP contribution in [0.3, 0.4) is 0 Å². The van der Waals surface area contributed by atoms with Crippen molar-refractivity contribution < 1.29 is 17.6 Å². The second kappa shape index (κ2) is 9.30. The molecule has 2 N–H and O–H groups in total. The highest BCUT2D eigenvalue weighted by molar-refractivity contribution is 7.89. The number of hydrogen-bond donors (Lipinski definition) is 2. The van der Waals surface area contributed by atoms with Gasteiger partial charge in [-0.2, -0.15) is 0 Å². The number of furan rings is 1. The lowest BCUT2D eigenvalue weighted by molar-refractivity contribution is 0.0942. The quantitative estimate of drug-likeness (QED) is 0.533. The summed E-state index contributed by atoms with van der Waals surface area (Å²) in [6.45, 7) is 2.39. The largest absolute Gasteiger partial charge is 0.468 e. The first-order chi connectivity index (χ1) is 15.4. The van der Waals surface area contributed by atoms with Crippen molar-refractivity contribution >= 4 is 15.9 Å². The Morgan fingerprint density at radius 3 is 2.47 bits per heavy atom. The van der Waals surface area contributed by atoms with Gasteiger partial charge in [-0.25, -0.2) is 13.1 Å². The number of amides is 1. The van der Waals surface area contributed by atoms with Gasteiger partial charge < -0.3 is 9.73 Å². The molecule has 1 amide bonds. The lowest BCUT2D eigenvalue weighted by Crippen LogP contribution is -2.39. The normalized spacial score (nSPS) is 15.5. The second-order valence-corrected chi connectivity index (χ2v) is 10.2. The van der Waals surface area contributed by atoms with Gasteiger partial charge in [0.2, 0.25) is 10.0 Å². The fraction of sp³-hybridized carbons (Fsp3) is 0.320. The molecule has 2 aromatic carbocycles. The maximum Gasteiger partial charge on any atom is 0.251 e. The van der Waals surface area contributed by atoms with Crippen LogP contribution in [0.25, 0.3) is 0 Å². The third-order valence-electron chi connectivity index (χ3n) is 6.31. The van der Waals surface area contributed by atoms with E-state index in [2.05, 4.69) is 22.2 Å². The van der Waals surface area contributed by atoms with Crippen LogP contribution in [0.5, 0.6) is 0 Å². The molecule has 0 atom stereocenters. The SMILES string of the molecule is Cc1ccc(S(=O)(=O)NCc2ccco2)cc1C(=O)NCC1(c2ccccc2)CCCC1. The number of carbonyl (C=O) groups excluding carboxylic acids is 1. The second-order valence-electron chi connectivity index (χ2n) is 8.42. The molecule has 0 unspecified atom stereocenters. The molecule has 1 saturated carbocycles. The van der Waals surface area contributed by atoms with Gasteiger partial charge >= 0.3 is 0 Å². The molecule has 32 heavy (non-hydrogen) atoms. The topological polar surface area (TPSA) is 88.4 Å². The Morgan fingerprint density at radius 1 is 1.03 bits per heavy atom. The molecule has 0 spiro atoms. The fourth-order valence-corrected chi connectivity index (χ4v) is 5.45. The van der Waals surface area contributed by atoms with E-state index < -0.39 is 10.0 Å². The molecule has 1 fully saturated rings. The van der Waals surface area contributed by atoms with E-state index in [1.165, 1.54) is 24.0 Å². The van der Waals surface area contributed by atoms with Gasteiger partial charge in [-0.3, -0.25) is 4.79 Å². The Bertz CT molecular complexity index is 1170. The molecule has 0 saturated heterocycles. The summed E-state index contributed by atoms with van der Waals surface area (Å²) >= 11 is 0. The van der Waals surface area contributed by atoms with Gasteiger partial charge in [0.15, 0.2) is 0 Å². The van der Waals surface area contributed by atoms with Crippen molar-refractivity contribution in [1.82, 2.24) is 10.0 Å². The van der Waals surface area contributed by atoms with Gasteiger partial charge in [0.25, 0.3) is 5.91 Å². The lowest BCUT2D eigenvalue weighted by atomic mass is 9.79. The number of rotatable bonds is 8. The van der Waals surface area contributed by atoms with Gasteiger partial charge in [-0.15, -0.1) is 0 Å². The van der Waals surface area contributed by atoms with E-state index in [9.17, 15) is 13.2 Å². The van der Waals surface area contributed by atoms with Crippen LogP contribution in [0, 0.1) is 6.92 Å². The van der Waals surface area contributed by atoms with Crippen LogP contribution < -0.4 is 10.0 Å². The Kier molecular flexibility index (Phi) is 6.48. The predicted molar refractivity (Wildman–Crippen MR) is 123 cm³/mol. The van der Waals surface area contributed by atoms with Crippen molar-refractivity contribution in [1.29, 1.82) is 0 Å². The zero-order valence-corrected chi connectivity index (χ0v) is 19.0. The number of sulfonamides is 1. The van der Waals surface area contributed by atoms with Crippen molar-refractivity contribution in [3.05, 3.63) is 89.4 Å². The highest BCUT2D eigenvalue weighted by Gasteiger charge is 2.36. The van der Waals surface area contributed by atoms with Gasteiger partial charge in [0.05, 0.1) is 17.7 Å². The average Bonchev–Trinajstić information content (AvgIpc) is 3.50. The molecular formula is C25H28N2O4S. The van der Waals surface area contributed by atoms with Crippen molar-refractivity contribution in [2.75, 3.05) is 6.54 Å². The third kappa shape index (κ3) is 4.79. The molecule has 0 bridgehead atoms. The minimum Gasteiger partial charge on any atom is -0.468 e. The van der Waals surface area contributed by atoms with Crippen molar-refractivity contribution in [2.45, 2.75) is 49.5 Å². The van der Waals surface area contributed by atoms with Crippen LogP contribution in [0.1, 0.15) is 52.9 Å². The molecule has 1 aliphatic carbocycles. The standard InChI is InChI=1S/C25H28N2O4S/c1-19-11-12-22(32(29,30)27-17-21-10-7-15-31-21)16-23(19)24(28)26-18-25(13-5-6-14-25)20-8-3-2-4-9-20/h2-4,7-12,15-16,27H,5-6,13-14,17-18H2,1H3,(H,26,28). The molecule has 1 aliphatic rings. The van der Waals surface area contributed by atoms with Crippen LogP contribution in [0.2, 0.25) is 0 Å². The minimum atomic E-state index is -3.78. The van der Waals surface area contributed by atoms with Gasteiger partial charge in [-0.05, 0) is 55.2 Å². The van der Waals surface area contributed by atoms with Gasteiger partial charge in [-0.1, -0.05) is 49.2 Å². The number of aryl methyl sites for hydroxylation is 1.